The average molecular weight is 344 g/mol. The molecule has 0 saturated carbocycles. The molecule has 4 nitrogen and oxygen atoms in total. The van der Waals surface area contributed by atoms with Crippen LogP contribution in [0.3, 0.4) is 0 Å². The van der Waals surface area contributed by atoms with Crippen molar-refractivity contribution >= 4 is 27.5 Å². The van der Waals surface area contributed by atoms with E-state index in [1.54, 1.807) is 0 Å². The summed E-state index contributed by atoms with van der Waals surface area (Å²) in [4.78, 5) is 11.7. The molecule has 0 saturated heterocycles. The van der Waals surface area contributed by atoms with Gasteiger partial charge in [-0.2, -0.15) is 0 Å². The molecule has 0 aromatic heterocycles. The minimum absolute atomic E-state index is 0.0394. The van der Waals surface area contributed by atoms with E-state index in [4.69, 9.17) is 9.47 Å². The number of nitrogens with one attached hydrogen (secondary N) is 1. The third-order valence-electron chi connectivity index (χ3n) is 2.79. The Morgan fingerprint density at radius 2 is 2.00 bits per heavy atom. The molecule has 0 aliphatic heterocycles. The van der Waals surface area contributed by atoms with Gasteiger partial charge in [0, 0.05) is 11.0 Å². The van der Waals surface area contributed by atoms with Gasteiger partial charge in [0.25, 0.3) is 0 Å². The van der Waals surface area contributed by atoms with Crippen LogP contribution in [0.4, 0.5) is 5.69 Å². The lowest BCUT2D eigenvalue weighted by Crippen LogP contribution is -2.16. The molecule has 112 valence electrons. The molecule has 0 spiro atoms. The highest BCUT2D eigenvalue weighted by molar-refractivity contribution is 9.09. The van der Waals surface area contributed by atoms with Crippen LogP contribution >= 0.6 is 15.9 Å². The summed E-state index contributed by atoms with van der Waals surface area (Å²) in [5.41, 5.74) is 0.768. The number of anilines is 1. The molecule has 1 amide bonds. The maximum Gasteiger partial charge on any atom is 0.226 e. The Labute approximate surface area is 129 Å². The van der Waals surface area contributed by atoms with Crippen LogP contribution in [0.25, 0.3) is 0 Å². The standard InChI is InChI=1S/C15H22BrNO3/c1-3-12(2)19-10-8-15(18)17-13-4-6-14(7-5-13)20-11-9-16/h4-7,12H,3,8-11H2,1-2H3,(H,17,18). The quantitative estimate of drug-likeness (QED) is 0.697. The Balaban J connectivity index is 2.31. The van der Waals surface area contributed by atoms with Crippen molar-refractivity contribution < 1.29 is 14.3 Å². The first-order chi connectivity index (χ1) is 9.65. The van der Waals surface area contributed by atoms with Gasteiger partial charge in [-0.15, -0.1) is 0 Å². The van der Waals surface area contributed by atoms with Gasteiger partial charge in [-0.25, -0.2) is 0 Å². The molecular weight excluding hydrogens is 322 g/mol. The first-order valence-corrected chi connectivity index (χ1v) is 7.98. The summed E-state index contributed by atoms with van der Waals surface area (Å²) in [6.07, 6.45) is 1.53. The van der Waals surface area contributed by atoms with Crippen LogP contribution in [-0.4, -0.2) is 30.6 Å². The molecule has 0 heterocycles. The van der Waals surface area contributed by atoms with Gasteiger partial charge >= 0.3 is 0 Å². The Morgan fingerprint density at radius 1 is 1.30 bits per heavy atom. The zero-order valence-corrected chi connectivity index (χ0v) is 13.6. The van der Waals surface area contributed by atoms with Crippen molar-refractivity contribution in [1.82, 2.24) is 0 Å². The highest BCUT2D eigenvalue weighted by Gasteiger charge is 2.04. The smallest absolute Gasteiger partial charge is 0.226 e. The fraction of sp³-hybridized carbons (Fsp3) is 0.533. The van der Waals surface area contributed by atoms with Crippen LogP contribution in [0, 0.1) is 0 Å². The Morgan fingerprint density at radius 3 is 2.60 bits per heavy atom. The fourth-order valence-corrected chi connectivity index (χ4v) is 1.65. The number of halogens is 1. The third-order valence-corrected chi connectivity index (χ3v) is 3.11. The number of rotatable bonds is 9. The molecule has 20 heavy (non-hydrogen) atoms. The normalized spacial score (nSPS) is 11.9. The van der Waals surface area contributed by atoms with E-state index >= 15 is 0 Å². The van der Waals surface area contributed by atoms with Gasteiger partial charge in [0.1, 0.15) is 5.75 Å². The van der Waals surface area contributed by atoms with Gasteiger partial charge < -0.3 is 14.8 Å². The summed E-state index contributed by atoms with van der Waals surface area (Å²) in [5.74, 6) is 0.755. The number of ether oxygens (including phenoxy) is 2. The van der Waals surface area contributed by atoms with Gasteiger partial charge in [0.05, 0.1) is 25.7 Å². The van der Waals surface area contributed by atoms with Crippen molar-refractivity contribution in [3.8, 4) is 5.75 Å². The van der Waals surface area contributed by atoms with Crippen molar-refractivity contribution in [2.24, 2.45) is 0 Å². The molecule has 0 radical (unpaired) electrons. The fourth-order valence-electron chi connectivity index (χ4n) is 1.49. The van der Waals surface area contributed by atoms with Crippen molar-refractivity contribution in [3.63, 3.8) is 0 Å². The van der Waals surface area contributed by atoms with Crippen molar-refractivity contribution in [1.29, 1.82) is 0 Å². The van der Waals surface area contributed by atoms with Crippen LogP contribution in [0.1, 0.15) is 26.7 Å². The molecule has 1 rings (SSSR count). The molecule has 1 aromatic rings. The number of hydrogen-bond donors (Lipinski definition) is 1. The molecule has 0 aliphatic carbocycles. The molecular formula is C15H22BrNO3. The Kier molecular flexibility index (Phi) is 8.30. The van der Waals surface area contributed by atoms with Crippen LogP contribution in [0.5, 0.6) is 5.75 Å². The van der Waals surface area contributed by atoms with Crippen LogP contribution in [-0.2, 0) is 9.53 Å². The number of amides is 1. The first kappa shape index (κ1) is 17.0. The monoisotopic (exact) mass is 343 g/mol. The van der Waals surface area contributed by atoms with E-state index in [1.165, 1.54) is 0 Å². The molecule has 0 bridgehead atoms. The summed E-state index contributed by atoms with van der Waals surface area (Å²) in [7, 11) is 0. The lowest BCUT2D eigenvalue weighted by atomic mass is 10.3. The van der Waals surface area contributed by atoms with Crippen molar-refractivity contribution in [2.75, 3.05) is 23.9 Å². The molecule has 1 atom stereocenters. The molecule has 0 aliphatic rings. The van der Waals surface area contributed by atoms with Crippen LogP contribution < -0.4 is 10.1 Å². The number of alkyl halides is 1. The van der Waals surface area contributed by atoms with E-state index in [-0.39, 0.29) is 12.0 Å². The molecule has 1 unspecified atom stereocenters. The second-order valence-electron chi connectivity index (χ2n) is 4.45. The summed E-state index contributed by atoms with van der Waals surface area (Å²) < 4.78 is 10.9. The summed E-state index contributed by atoms with van der Waals surface area (Å²) >= 11 is 3.30. The minimum Gasteiger partial charge on any atom is -0.493 e. The first-order valence-electron chi connectivity index (χ1n) is 6.86. The van der Waals surface area contributed by atoms with Crippen molar-refractivity contribution in [2.45, 2.75) is 32.8 Å². The zero-order valence-electron chi connectivity index (χ0n) is 12.0. The number of hydrogen-bond acceptors (Lipinski definition) is 3. The van der Waals surface area contributed by atoms with E-state index in [2.05, 4.69) is 28.2 Å². The summed E-state index contributed by atoms with van der Waals surface area (Å²) in [5, 5.41) is 3.63. The largest absolute Gasteiger partial charge is 0.493 e. The zero-order chi connectivity index (χ0) is 14.8. The highest BCUT2D eigenvalue weighted by atomic mass is 79.9. The lowest BCUT2D eigenvalue weighted by molar-refractivity contribution is -0.117. The highest BCUT2D eigenvalue weighted by Crippen LogP contribution is 2.16. The summed E-state index contributed by atoms with van der Waals surface area (Å²) in [6.45, 7) is 5.14. The van der Waals surface area contributed by atoms with Gasteiger partial charge in [0.15, 0.2) is 0 Å². The van der Waals surface area contributed by atoms with E-state index < -0.39 is 0 Å². The van der Waals surface area contributed by atoms with E-state index in [9.17, 15) is 4.79 Å². The van der Waals surface area contributed by atoms with Crippen LogP contribution in [0.15, 0.2) is 24.3 Å². The SMILES string of the molecule is CCC(C)OCCC(=O)Nc1ccc(OCCBr)cc1. The van der Waals surface area contributed by atoms with E-state index in [0.717, 1.165) is 23.2 Å². The molecule has 5 heteroatoms. The second kappa shape index (κ2) is 9.77. The third kappa shape index (κ3) is 6.91. The Hall–Kier alpha value is -1.07. The number of carbonyl (C=O) groups excluding carboxylic acids is 1. The number of benzene rings is 1. The van der Waals surface area contributed by atoms with Gasteiger partial charge in [-0.05, 0) is 37.6 Å². The van der Waals surface area contributed by atoms with Gasteiger partial charge in [-0.3, -0.25) is 4.79 Å². The maximum atomic E-state index is 11.7. The minimum atomic E-state index is -0.0394. The predicted molar refractivity (Wildman–Crippen MR) is 84.7 cm³/mol. The topological polar surface area (TPSA) is 47.6 Å². The maximum absolute atomic E-state index is 11.7. The van der Waals surface area contributed by atoms with E-state index in [0.29, 0.717) is 19.6 Å². The van der Waals surface area contributed by atoms with Crippen LogP contribution in [0.2, 0.25) is 0 Å². The predicted octanol–water partition coefficient (Wildman–Crippen LogP) is 3.60. The van der Waals surface area contributed by atoms with Gasteiger partial charge in [0.2, 0.25) is 5.91 Å². The van der Waals surface area contributed by atoms with E-state index in [1.807, 2.05) is 31.2 Å². The van der Waals surface area contributed by atoms with Gasteiger partial charge in [-0.1, -0.05) is 22.9 Å². The number of carbonyl (C=O) groups is 1. The molecule has 1 N–H and O–H groups in total. The summed E-state index contributed by atoms with van der Waals surface area (Å²) in [6, 6.07) is 7.34. The lowest BCUT2D eigenvalue weighted by Gasteiger charge is -2.10. The molecule has 1 aromatic carbocycles. The molecule has 0 fully saturated rings. The second-order valence-corrected chi connectivity index (χ2v) is 5.24. The van der Waals surface area contributed by atoms with Crippen molar-refractivity contribution in [3.05, 3.63) is 24.3 Å². The average Bonchev–Trinajstić information content (AvgIpc) is 2.46. The Bertz CT molecular complexity index is 395.